The second-order valence-corrected chi connectivity index (χ2v) is 7.17. The van der Waals surface area contributed by atoms with Crippen molar-refractivity contribution in [3.8, 4) is 0 Å². The van der Waals surface area contributed by atoms with Crippen molar-refractivity contribution < 1.29 is 13.7 Å². The molecule has 100 valence electrons. The Morgan fingerprint density at radius 2 is 2.18 bits per heavy atom. The maximum atomic E-state index is 12.3. The van der Waals surface area contributed by atoms with Gasteiger partial charge < -0.3 is 4.74 Å². The van der Waals surface area contributed by atoms with Crippen LogP contribution in [-0.4, -0.2) is 27.3 Å². The summed E-state index contributed by atoms with van der Waals surface area (Å²) < 4.78 is 17.2. The van der Waals surface area contributed by atoms with Crippen LogP contribution in [0, 0.1) is 5.92 Å². The van der Waals surface area contributed by atoms with Crippen LogP contribution in [0.15, 0.2) is 0 Å². The van der Waals surface area contributed by atoms with E-state index in [0.717, 1.165) is 12.8 Å². The Morgan fingerprint density at radius 3 is 2.76 bits per heavy atom. The number of carbonyl (C=O) groups is 1. The topological polar surface area (TPSA) is 43.4 Å². The minimum atomic E-state index is -0.897. The first-order valence-electron chi connectivity index (χ1n) is 6.59. The fourth-order valence-electron chi connectivity index (χ4n) is 2.45. The number of esters is 1. The first kappa shape index (κ1) is 14.7. The lowest BCUT2D eigenvalue weighted by Gasteiger charge is -2.28. The van der Waals surface area contributed by atoms with Crippen LogP contribution in [0.3, 0.4) is 0 Å². The molecule has 0 amide bonds. The summed E-state index contributed by atoms with van der Waals surface area (Å²) in [5, 5.41) is 0.201. The predicted octanol–water partition coefficient (Wildman–Crippen LogP) is 2.66. The summed E-state index contributed by atoms with van der Waals surface area (Å²) in [5.74, 6) is 0.449. The smallest absolute Gasteiger partial charge is 0.306 e. The van der Waals surface area contributed by atoms with E-state index in [2.05, 4.69) is 6.92 Å². The molecular weight excluding hydrogens is 236 g/mol. The molecule has 0 spiro atoms. The molecule has 0 aromatic heterocycles. The monoisotopic (exact) mass is 260 g/mol. The largest absolute Gasteiger partial charge is 0.466 e. The van der Waals surface area contributed by atoms with E-state index in [1.54, 1.807) is 6.92 Å². The van der Waals surface area contributed by atoms with Gasteiger partial charge in [0.05, 0.1) is 13.0 Å². The van der Waals surface area contributed by atoms with Gasteiger partial charge in [-0.1, -0.05) is 26.7 Å². The molecule has 1 aliphatic carbocycles. The Kier molecular flexibility index (Phi) is 6.17. The number of rotatable bonds is 5. The zero-order valence-electron chi connectivity index (χ0n) is 11.1. The predicted molar refractivity (Wildman–Crippen MR) is 70.3 cm³/mol. The quantitative estimate of drug-likeness (QED) is 0.714. The van der Waals surface area contributed by atoms with Crippen LogP contribution in [0.1, 0.15) is 52.9 Å². The van der Waals surface area contributed by atoms with Crippen LogP contribution >= 0.6 is 0 Å². The van der Waals surface area contributed by atoms with Crippen LogP contribution in [0.25, 0.3) is 0 Å². The Hall–Kier alpha value is -0.380. The number of ether oxygens (including phenoxy) is 1. The molecule has 1 saturated carbocycles. The summed E-state index contributed by atoms with van der Waals surface area (Å²) in [5.41, 5.74) is 0. The van der Waals surface area contributed by atoms with Gasteiger partial charge in [-0.3, -0.25) is 9.00 Å². The second-order valence-electron chi connectivity index (χ2n) is 5.04. The third-order valence-electron chi connectivity index (χ3n) is 3.37. The Morgan fingerprint density at radius 1 is 1.47 bits per heavy atom. The molecule has 4 unspecified atom stereocenters. The first-order chi connectivity index (χ1) is 8.04. The van der Waals surface area contributed by atoms with Gasteiger partial charge in [-0.15, -0.1) is 0 Å². The van der Waals surface area contributed by atoms with Crippen LogP contribution in [0.2, 0.25) is 0 Å². The van der Waals surface area contributed by atoms with Crippen molar-refractivity contribution >= 4 is 16.8 Å². The highest BCUT2D eigenvalue weighted by Crippen LogP contribution is 2.28. The van der Waals surface area contributed by atoms with Crippen molar-refractivity contribution in [2.24, 2.45) is 5.92 Å². The van der Waals surface area contributed by atoms with Crippen molar-refractivity contribution in [2.75, 3.05) is 6.61 Å². The fraction of sp³-hybridized carbons (Fsp3) is 0.923. The molecule has 1 rings (SSSR count). The summed E-state index contributed by atoms with van der Waals surface area (Å²) in [6, 6.07) is 0. The Bertz CT molecular complexity index is 278. The van der Waals surface area contributed by atoms with Crippen molar-refractivity contribution in [2.45, 2.75) is 63.4 Å². The van der Waals surface area contributed by atoms with Crippen LogP contribution in [-0.2, 0) is 20.3 Å². The number of hydrogen-bond acceptors (Lipinski definition) is 3. The van der Waals surface area contributed by atoms with Gasteiger partial charge >= 0.3 is 5.97 Å². The summed E-state index contributed by atoms with van der Waals surface area (Å²) in [6.07, 6.45) is 4.79. The minimum absolute atomic E-state index is 0.0793. The highest BCUT2D eigenvalue weighted by Gasteiger charge is 2.28. The molecule has 0 aromatic rings. The molecule has 17 heavy (non-hydrogen) atoms. The third kappa shape index (κ3) is 4.78. The van der Waals surface area contributed by atoms with Gasteiger partial charge in [-0.05, 0) is 25.7 Å². The van der Waals surface area contributed by atoms with Gasteiger partial charge in [-0.25, -0.2) is 0 Å². The van der Waals surface area contributed by atoms with E-state index in [1.165, 1.54) is 12.8 Å². The lowest BCUT2D eigenvalue weighted by Crippen LogP contribution is -2.30. The molecule has 0 bridgehead atoms. The Balaban J connectivity index is 2.42. The van der Waals surface area contributed by atoms with E-state index in [1.807, 2.05) is 6.92 Å². The highest BCUT2D eigenvalue weighted by atomic mass is 32.2. The Labute approximate surface area is 107 Å². The maximum absolute atomic E-state index is 12.3. The third-order valence-corrected chi connectivity index (χ3v) is 5.42. The van der Waals surface area contributed by atoms with Crippen molar-refractivity contribution in [1.29, 1.82) is 0 Å². The number of hydrogen-bond donors (Lipinski definition) is 0. The van der Waals surface area contributed by atoms with Gasteiger partial charge in [0, 0.05) is 21.3 Å². The lowest BCUT2D eigenvalue weighted by atomic mass is 9.91. The van der Waals surface area contributed by atoms with Gasteiger partial charge in [-0.2, -0.15) is 0 Å². The van der Waals surface area contributed by atoms with Crippen molar-refractivity contribution in [3.05, 3.63) is 0 Å². The minimum Gasteiger partial charge on any atom is -0.466 e. The molecular formula is C13H24O3S. The first-order valence-corrected chi connectivity index (χ1v) is 7.87. The van der Waals surface area contributed by atoms with E-state index >= 15 is 0 Å². The summed E-state index contributed by atoms with van der Waals surface area (Å²) in [6.45, 7) is 6.31. The van der Waals surface area contributed by atoms with Crippen LogP contribution in [0.5, 0.6) is 0 Å². The van der Waals surface area contributed by atoms with Gasteiger partial charge in [0.1, 0.15) is 0 Å². The van der Waals surface area contributed by atoms with Crippen LogP contribution in [0.4, 0.5) is 0 Å². The summed E-state index contributed by atoms with van der Waals surface area (Å²) in [7, 11) is -0.897. The molecule has 0 aromatic carbocycles. The fourth-order valence-corrected chi connectivity index (χ4v) is 4.33. The average molecular weight is 260 g/mol. The molecule has 1 aliphatic rings. The second kappa shape index (κ2) is 7.14. The molecule has 0 aliphatic heterocycles. The van der Waals surface area contributed by atoms with E-state index in [9.17, 15) is 9.00 Å². The summed E-state index contributed by atoms with van der Waals surface area (Å²) >= 11 is 0. The average Bonchev–Trinajstić information content (AvgIpc) is 2.28. The SMILES string of the molecule is CCOC(=O)CC(C)S(=O)C1CCCC(C)C1. The van der Waals surface area contributed by atoms with E-state index in [-0.39, 0.29) is 22.9 Å². The molecule has 1 fully saturated rings. The van der Waals surface area contributed by atoms with Crippen LogP contribution < -0.4 is 0 Å². The molecule has 0 heterocycles. The lowest BCUT2D eigenvalue weighted by molar-refractivity contribution is -0.143. The van der Waals surface area contributed by atoms with Crippen molar-refractivity contribution in [3.63, 3.8) is 0 Å². The van der Waals surface area contributed by atoms with Gasteiger partial charge in [0.15, 0.2) is 0 Å². The zero-order valence-corrected chi connectivity index (χ0v) is 11.9. The normalized spacial score (nSPS) is 28.4. The highest BCUT2D eigenvalue weighted by molar-refractivity contribution is 7.86. The molecule has 0 saturated heterocycles. The standard InChI is InChI=1S/C13H24O3S/c1-4-16-13(14)9-11(3)17(15)12-7-5-6-10(2)8-12/h10-12H,4-9H2,1-3H3. The molecule has 4 atom stereocenters. The van der Waals surface area contributed by atoms with E-state index in [4.69, 9.17) is 4.74 Å². The number of carbonyl (C=O) groups excluding carboxylic acids is 1. The van der Waals surface area contributed by atoms with Crippen molar-refractivity contribution in [1.82, 2.24) is 0 Å². The van der Waals surface area contributed by atoms with E-state index < -0.39 is 10.8 Å². The molecule has 0 radical (unpaired) electrons. The van der Waals surface area contributed by atoms with Gasteiger partial charge in [0.25, 0.3) is 0 Å². The summed E-state index contributed by atoms with van der Waals surface area (Å²) in [4.78, 5) is 11.3. The zero-order chi connectivity index (χ0) is 12.8. The maximum Gasteiger partial charge on any atom is 0.306 e. The molecule has 0 N–H and O–H groups in total. The molecule has 4 heteroatoms. The molecule has 3 nitrogen and oxygen atoms in total. The van der Waals surface area contributed by atoms with E-state index in [0.29, 0.717) is 12.5 Å². The van der Waals surface area contributed by atoms with Gasteiger partial charge in [0.2, 0.25) is 0 Å².